The molecule has 1 amide bonds. The summed E-state index contributed by atoms with van der Waals surface area (Å²) in [5.41, 5.74) is 6.55. The Hall–Kier alpha value is -0.740. The first-order chi connectivity index (χ1) is 9.19. The van der Waals surface area contributed by atoms with Gasteiger partial charge in [-0.05, 0) is 31.9 Å². The molecule has 20 heavy (non-hydrogen) atoms. The molecule has 1 atom stereocenters. The van der Waals surface area contributed by atoms with Gasteiger partial charge in [0.2, 0.25) is 5.91 Å². The molecule has 0 bridgehead atoms. The van der Waals surface area contributed by atoms with Crippen LogP contribution < -0.4 is 10.6 Å². The van der Waals surface area contributed by atoms with E-state index in [-0.39, 0.29) is 24.6 Å². The lowest BCUT2D eigenvalue weighted by Gasteiger charge is -2.20. The SMILES string of the molecule is Nc1c(Br)ncc(Br)c1N1CC(CS(=O)(=O)F)CC1=O. The van der Waals surface area contributed by atoms with E-state index < -0.39 is 21.9 Å². The van der Waals surface area contributed by atoms with E-state index in [4.69, 9.17) is 5.73 Å². The molecule has 2 heterocycles. The van der Waals surface area contributed by atoms with Gasteiger partial charge in [-0.25, -0.2) is 4.98 Å². The summed E-state index contributed by atoms with van der Waals surface area (Å²) in [4.78, 5) is 17.3. The summed E-state index contributed by atoms with van der Waals surface area (Å²) in [5, 5.41) is 0. The summed E-state index contributed by atoms with van der Waals surface area (Å²) < 4.78 is 35.0. The third-order valence-electron chi connectivity index (χ3n) is 2.90. The van der Waals surface area contributed by atoms with Crippen LogP contribution in [0.15, 0.2) is 15.3 Å². The van der Waals surface area contributed by atoms with Crippen LogP contribution in [0.25, 0.3) is 0 Å². The number of rotatable bonds is 3. The van der Waals surface area contributed by atoms with Gasteiger partial charge in [0, 0.05) is 25.1 Å². The van der Waals surface area contributed by atoms with Gasteiger partial charge in [-0.3, -0.25) is 4.79 Å². The van der Waals surface area contributed by atoms with Crippen LogP contribution >= 0.6 is 31.9 Å². The van der Waals surface area contributed by atoms with Crippen LogP contribution in [0.5, 0.6) is 0 Å². The number of carbonyl (C=O) groups excluding carboxylic acids is 1. The van der Waals surface area contributed by atoms with Crippen molar-refractivity contribution >= 4 is 59.4 Å². The quantitative estimate of drug-likeness (QED) is 0.583. The van der Waals surface area contributed by atoms with E-state index >= 15 is 0 Å². The standard InChI is InChI=1S/C10H10Br2FN3O3S/c11-6-2-15-10(12)8(14)9(6)16-3-5(1-7(16)17)4-20(13,18)19/h2,5H,1,3-4,14H2. The van der Waals surface area contributed by atoms with Crippen LogP contribution in [0, 0.1) is 5.92 Å². The van der Waals surface area contributed by atoms with Crippen molar-refractivity contribution in [2.24, 2.45) is 5.92 Å². The van der Waals surface area contributed by atoms with Crippen molar-refractivity contribution in [3.63, 3.8) is 0 Å². The van der Waals surface area contributed by atoms with Gasteiger partial charge in [0.15, 0.2) is 0 Å². The third-order valence-corrected chi connectivity index (χ3v) is 4.99. The van der Waals surface area contributed by atoms with Gasteiger partial charge in [0.25, 0.3) is 0 Å². The fourth-order valence-corrected chi connectivity index (χ4v) is 3.74. The van der Waals surface area contributed by atoms with Gasteiger partial charge >= 0.3 is 10.2 Å². The van der Waals surface area contributed by atoms with Crippen molar-refractivity contribution in [1.82, 2.24) is 4.98 Å². The number of carbonyl (C=O) groups is 1. The number of amides is 1. The van der Waals surface area contributed by atoms with Gasteiger partial charge in [0.05, 0.1) is 21.6 Å². The van der Waals surface area contributed by atoms with Crippen LogP contribution in [0.4, 0.5) is 15.3 Å². The number of halogens is 3. The predicted octanol–water partition coefficient (Wildman–Crippen LogP) is 1.84. The second kappa shape index (κ2) is 5.57. The van der Waals surface area contributed by atoms with E-state index in [1.807, 2.05) is 0 Å². The fraction of sp³-hybridized carbons (Fsp3) is 0.400. The molecular formula is C10H10Br2FN3O3S. The Morgan fingerprint density at radius 2 is 2.15 bits per heavy atom. The zero-order valence-corrected chi connectivity index (χ0v) is 14.0. The van der Waals surface area contributed by atoms with Crippen molar-refractivity contribution in [3.8, 4) is 0 Å². The lowest BCUT2D eigenvalue weighted by atomic mass is 10.1. The van der Waals surface area contributed by atoms with Crippen molar-refractivity contribution in [3.05, 3.63) is 15.3 Å². The fourth-order valence-electron chi connectivity index (χ4n) is 2.14. The van der Waals surface area contributed by atoms with Gasteiger partial charge in [-0.1, -0.05) is 0 Å². The average Bonchev–Trinajstić information content (AvgIpc) is 2.63. The third kappa shape index (κ3) is 3.29. The number of pyridine rings is 1. The van der Waals surface area contributed by atoms with E-state index in [1.54, 1.807) is 0 Å². The molecule has 1 aromatic rings. The first-order valence-electron chi connectivity index (χ1n) is 5.51. The smallest absolute Gasteiger partial charge is 0.302 e. The summed E-state index contributed by atoms with van der Waals surface area (Å²) in [5.74, 6) is -1.56. The van der Waals surface area contributed by atoms with Crippen molar-refractivity contribution in [2.75, 3.05) is 22.9 Å². The minimum Gasteiger partial charge on any atom is -0.395 e. The maximum Gasteiger partial charge on any atom is 0.302 e. The molecule has 1 unspecified atom stereocenters. The summed E-state index contributed by atoms with van der Waals surface area (Å²) >= 11 is 6.41. The molecule has 110 valence electrons. The van der Waals surface area contributed by atoms with E-state index in [1.165, 1.54) is 11.1 Å². The number of nitrogens with zero attached hydrogens (tertiary/aromatic N) is 2. The highest BCUT2D eigenvalue weighted by atomic mass is 79.9. The molecule has 6 nitrogen and oxygen atoms in total. The average molecular weight is 431 g/mol. The molecule has 0 saturated carbocycles. The monoisotopic (exact) mass is 429 g/mol. The lowest BCUT2D eigenvalue weighted by molar-refractivity contribution is -0.117. The van der Waals surface area contributed by atoms with Crippen molar-refractivity contribution in [1.29, 1.82) is 0 Å². The minimum absolute atomic E-state index is 0.0328. The summed E-state index contributed by atoms with van der Waals surface area (Å²) in [6, 6.07) is 0. The number of nitrogens with two attached hydrogens (primary N) is 1. The van der Waals surface area contributed by atoms with E-state index in [9.17, 15) is 17.1 Å². The molecule has 0 aliphatic carbocycles. The summed E-state index contributed by atoms with van der Waals surface area (Å²) in [7, 11) is -4.61. The Balaban J connectivity index is 2.31. The Labute approximate surface area is 132 Å². The lowest BCUT2D eigenvalue weighted by Crippen LogP contribution is -2.27. The van der Waals surface area contributed by atoms with E-state index in [0.29, 0.717) is 14.8 Å². The Morgan fingerprint density at radius 3 is 2.75 bits per heavy atom. The highest BCUT2D eigenvalue weighted by Gasteiger charge is 2.35. The minimum atomic E-state index is -4.61. The maximum absolute atomic E-state index is 12.7. The van der Waals surface area contributed by atoms with Crippen LogP contribution in [0.3, 0.4) is 0 Å². The number of anilines is 2. The Bertz CT molecular complexity index is 668. The zero-order valence-electron chi connectivity index (χ0n) is 10.0. The molecule has 2 rings (SSSR count). The molecule has 0 aromatic carbocycles. The number of nitrogen functional groups attached to an aromatic ring is 1. The molecule has 1 aliphatic heterocycles. The molecule has 1 aromatic heterocycles. The molecule has 0 spiro atoms. The molecule has 0 radical (unpaired) electrons. The van der Waals surface area contributed by atoms with Gasteiger partial charge in [0.1, 0.15) is 4.60 Å². The van der Waals surface area contributed by atoms with Crippen LogP contribution in [-0.4, -0.2) is 31.6 Å². The maximum atomic E-state index is 12.7. The van der Waals surface area contributed by atoms with Gasteiger partial charge in [-0.15, -0.1) is 3.89 Å². The van der Waals surface area contributed by atoms with Crippen LogP contribution in [0.1, 0.15) is 6.42 Å². The van der Waals surface area contributed by atoms with E-state index in [2.05, 4.69) is 36.8 Å². The molecule has 10 heteroatoms. The second-order valence-electron chi connectivity index (χ2n) is 4.44. The van der Waals surface area contributed by atoms with E-state index in [0.717, 1.165) is 0 Å². The number of aromatic nitrogens is 1. The topological polar surface area (TPSA) is 93.4 Å². The molecule has 1 aliphatic rings. The van der Waals surface area contributed by atoms with Crippen LogP contribution in [-0.2, 0) is 15.0 Å². The molecule has 1 saturated heterocycles. The van der Waals surface area contributed by atoms with Gasteiger partial charge < -0.3 is 10.6 Å². The second-order valence-corrected chi connectivity index (χ2v) is 7.46. The van der Waals surface area contributed by atoms with Crippen LogP contribution in [0.2, 0.25) is 0 Å². The van der Waals surface area contributed by atoms with Crippen molar-refractivity contribution in [2.45, 2.75) is 6.42 Å². The Morgan fingerprint density at radius 1 is 1.50 bits per heavy atom. The normalized spacial score (nSPS) is 19.6. The molecule has 1 fully saturated rings. The molecule has 2 N–H and O–H groups in total. The first-order valence-corrected chi connectivity index (χ1v) is 8.65. The van der Waals surface area contributed by atoms with Crippen molar-refractivity contribution < 1.29 is 17.1 Å². The highest BCUT2D eigenvalue weighted by Crippen LogP contribution is 2.39. The zero-order chi connectivity index (χ0) is 15.1. The Kier molecular flexibility index (Phi) is 4.35. The highest BCUT2D eigenvalue weighted by molar-refractivity contribution is 9.11. The van der Waals surface area contributed by atoms with Gasteiger partial charge in [-0.2, -0.15) is 8.42 Å². The summed E-state index contributed by atoms with van der Waals surface area (Å²) in [6.07, 6.45) is 1.44. The first kappa shape index (κ1) is 15.6. The predicted molar refractivity (Wildman–Crippen MR) is 79.4 cm³/mol. The molecular weight excluding hydrogens is 421 g/mol. The summed E-state index contributed by atoms with van der Waals surface area (Å²) in [6.45, 7) is 0.0984. The number of hydrogen-bond acceptors (Lipinski definition) is 5. The number of hydrogen-bond donors (Lipinski definition) is 1. The largest absolute Gasteiger partial charge is 0.395 e.